The lowest BCUT2D eigenvalue weighted by Gasteiger charge is -2.04. The van der Waals surface area contributed by atoms with Crippen LogP contribution in [0.5, 0.6) is 0 Å². The molecular weight excluding hydrogens is 215 g/mol. The normalized spacial score (nSPS) is 12.2. The van der Waals surface area contributed by atoms with E-state index in [1.165, 1.54) is 6.07 Å². The second-order valence-corrected chi connectivity index (χ2v) is 3.59. The maximum Gasteiger partial charge on any atom is 0.416 e. The first-order valence-electron chi connectivity index (χ1n) is 3.67. The molecule has 14 heavy (non-hydrogen) atoms. The van der Waals surface area contributed by atoms with Crippen molar-refractivity contribution in [2.45, 2.75) is 6.18 Å². The van der Waals surface area contributed by atoms with Crippen molar-refractivity contribution in [2.24, 2.45) is 0 Å². The largest absolute Gasteiger partial charge is 0.416 e. The molecule has 0 fully saturated rings. The number of halogens is 3. The molecule has 74 valence electrons. The van der Waals surface area contributed by atoms with Gasteiger partial charge in [0.25, 0.3) is 5.56 Å². The van der Waals surface area contributed by atoms with Gasteiger partial charge in [0.15, 0.2) is 0 Å². The van der Waals surface area contributed by atoms with E-state index in [0.717, 1.165) is 23.7 Å². The summed E-state index contributed by atoms with van der Waals surface area (Å²) in [6, 6.07) is 3.12. The highest BCUT2D eigenvalue weighted by Crippen LogP contribution is 2.31. The maximum absolute atomic E-state index is 12.2. The molecule has 1 heterocycles. The summed E-state index contributed by atoms with van der Waals surface area (Å²) >= 11 is 1.03. The maximum atomic E-state index is 12.2. The van der Waals surface area contributed by atoms with Gasteiger partial charge < -0.3 is 0 Å². The molecule has 2 aromatic rings. The van der Waals surface area contributed by atoms with Crippen molar-refractivity contribution in [1.29, 1.82) is 0 Å². The zero-order chi connectivity index (χ0) is 10.3. The minimum Gasteiger partial charge on any atom is -0.277 e. The van der Waals surface area contributed by atoms with Crippen LogP contribution in [0.1, 0.15) is 5.56 Å². The van der Waals surface area contributed by atoms with E-state index < -0.39 is 17.3 Å². The van der Waals surface area contributed by atoms with Crippen molar-refractivity contribution in [3.8, 4) is 0 Å². The summed E-state index contributed by atoms with van der Waals surface area (Å²) in [5.74, 6) is 0. The zero-order valence-corrected chi connectivity index (χ0v) is 7.50. The molecule has 0 bridgehead atoms. The lowest BCUT2D eigenvalue weighted by molar-refractivity contribution is -0.137. The van der Waals surface area contributed by atoms with Crippen LogP contribution in [0.2, 0.25) is 0 Å². The summed E-state index contributed by atoms with van der Waals surface area (Å²) in [5.41, 5.74) is -1.27. The number of hydrogen-bond donors (Lipinski definition) is 1. The van der Waals surface area contributed by atoms with Crippen LogP contribution < -0.4 is 5.56 Å². The standard InChI is InChI=1S/C8H4F3NOS/c9-8(10,11)4-1-2-6-5(3-4)7(13)12-14-6/h1-3H,(H,12,13). The molecule has 2 nitrogen and oxygen atoms in total. The van der Waals surface area contributed by atoms with Crippen molar-refractivity contribution >= 4 is 21.6 Å². The third kappa shape index (κ3) is 1.41. The van der Waals surface area contributed by atoms with Gasteiger partial charge >= 0.3 is 6.18 Å². The Labute approximate surface area is 80.1 Å². The van der Waals surface area contributed by atoms with Gasteiger partial charge in [0.05, 0.1) is 15.6 Å². The molecule has 0 saturated carbocycles. The molecule has 0 spiro atoms. The monoisotopic (exact) mass is 219 g/mol. The van der Waals surface area contributed by atoms with E-state index in [9.17, 15) is 18.0 Å². The Morgan fingerprint density at radius 1 is 1.29 bits per heavy atom. The third-order valence-electron chi connectivity index (χ3n) is 1.81. The molecule has 0 amide bonds. The van der Waals surface area contributed by atoms with E-state index in [1.54, 1.807) is 0 Å². The van der Waals surface area contributed by atoms with Gasteiger partial charge in [-0.05, 0) is 18.2 Å². The number of aromatic amines is 1. The average Bonchev–Trinajstić information content (AvgIpc) is 2.46. The molecule has 0 saturated heterocycles. The number of H-pyrrole nitrogens is 1. The summed E-state index contributed by atoms with van der Waals surface area (Å²) in [7, 11) is 0. The van der Waals surface area contributed by atoms with Crippen LogP contribution in [0.3, 0.4) is 0 Å². The minimum atomic E-state index is -4.40. The fraction of sp³-hybridized carbons (Fsp3) is 0.125. The van der Waals surface area contributed by atoms with E-state index >= 15 is 0 Å². The highest BCUT2D eigenvalue weighted by molar-refractivity contribution is 7.13. The second-order valence-electron chi connectivity index (χ2n) is 2.74. The van der Waals surface area contributed by atoms with Gasteiger partial charge in [0, 0.05) is 0 Å². The Kier molecular flexibility index (Phi) is 1.88. The van der Waals surface area contributed by atoms with Crippen LogP contribution >= 0.6 is 11.5 Å². The topological polar surface area (TPSA) is 32.9 Å². The van der Waals surface area contributed by atoms with Crippen LogP contribution in [-0.4, -0.2) is 4.37 Å². The lowest BCUT2D eigenvalue weighted by Crippen LogP contribution is -2.05. The number of aromatic nitrogens is 1. The Hall–Kier alpha value is -1.30. The zero-order valence-electron chi connectivity index (χ0n) is 6.68. The highest BCUT2D eigenvalue weighted by atomic mass is 32.1. The smallest absolute Gasteiger partial charge is 0.277 e. The van der Waals surface area contributed by atoms with Crippen LogP contribution in [0.4, 0.5) is 13.2 Å². The van der Waals surface area contributed by atoms with Crippen molar-refractivity contribution in [1.82, 2.24) is 4.37 Å². The molecule has 0 aliphatic heterocycles. The van der Waals surface area contributed by atoms with Crippen molar-refractivity contribution in [3.63, 3.8) is 0 Å². The Bertz CT molecular complexity index is 525. The summed E-state index contributed by atoms with van der Waals surface area (Å²) in [6.07, 6.45) is -4.40. The van der Waals surface area contributed by atoms with Gasteiger partial charge in [-0.2, -0.15) is 13.2 Å². The summed E-state index contributed by atoms with van der Waals surface area (Å²) in [4.78, 5) is 11.0. The first-order valence-corrected chi connectivity index (χ1v) is 4.48. The van der Waals surface area contributed by atoms with E-state index in [4.69, 9.17) is 0 Å². The molecule has 1 aromatic carbocycles. The van der Waals surface area contributed by atoms with E-state index in [1.807, 2.05) is 0 Å². The minimum absolute atomic E-state index is 0.0878. The Morgan fingerprint density at radius 2 is 2.00 bits per heavy atom. The molecular formula is C8H4F3NOS. The molecule has 2 rings (SSSR count). The summed E-state index contributed by atoms with van der Waals surface area (Å²) in [5, 5.41) is 0.0878. The van der Waals surface area contributed by atoms with Gasteiger partial charge in [-0.3, -0.25) is 9.17 Å². The highest BCUT2D eigenvalue weighted by Gasteiger charge is 2.30. The van der Waals surface area contributed by atoms with Crippen molar-refractivity contribution in [3.05, 3.63) is 34.1 Å². The molecule has 6 heteroatoms. The molecule has 1 N–H and O–H groups in total. The van der Waals surface area contributed by atoms with Gasteiger partial charge in [0.2, 0.25) is 0 Å². The Balaban J connectivity index is 2.72. The fourth-order valence-corrected chi connectivity index (χ4v) is 1.84. The fourth-order valence-electron chi connectivity index (χ4n) is 1.13. The number of nitrogens with one attached hydrogen (secondary N) is 1. The van der Waals surface area contributed by atoms with Gasteiger partial charge in [0.1, 0.15) is 0 Å². The quantitative estimate of drug-likeness (QED) is 0.725. The predicted molar refractivity (Wildman–Crippen MR) is 47.4 cm³/mol. The van der Waals surface area contributed by atoms with Gasteiger partial charge in [-0.25, -0.2) is 0 Å². The Morgan fingerprint density at radius 3 is 2.64 bits per heavy atom. The average molecular weight is 219 g/mol. The number of alkyl halides is 3. The van der Waals surface area contributed by atoms with E-state index in [-0.39, 0.29) is 5.39 Å². The first-order chi connectivity index (χ1) is 6.48. The van der Waals surface area contributed by atoms with E-state index in [0.29, 0.717) is 4.70 Å². The summed E-state index contributed by atoms with van der Waals surface area (Å²) < 4.78 is 39.6. The van der Waals surface area contributed by atoms with Crippen molar-refractivity contribution in [2.75, 3.05) is 0 Å². The third-order valence-corrected chi connectivity index (χ3v) is 2.67. The van der Waals surface area contributed by atoms with Crippen LogP contribution in [0.25, 0.3) is 10.1 Å². The number of rotatable bonds is 0. The van der Waals surface area contributed by atoms with Gasteiger partial charge in [-0.1, -0.05) is 11.5 Å². The first kappa shape index (κ1) is 9.26. The lowest BCUT2D eigenvalue weighted by atomic mass is 10.2. The van der Waals surface area contributed by atoms with Gasteiger partial charge in [-0.15, -0.1) is 0 Å². The molecule has 0 aliphatic carbocycles. The second kappa shape index (κ2) is 2.84. The predicted octanol–water partition coefficient (Wildman–Crippen LogP) is 2.61. The molecule has 0 radical (unpaired) electrons. The molecule has 1 aromatic heterocycles. The van der Waals surface area contributed by atoms with Crippen LogP contribution in [0.15, 0.2) is 23.0 Å². The van der Waals surface area contributed by atoms with Crippen LogP contribution in [-0.2, 0) is 6.18 Å². The molecule has 0 unspecified atom stereocenters. The molecule has 0 atom stereocenters. The van der Waals surface area contributed by atoms with Crippen LogP contribution in [0, 0.1) is 0 Å². The number of benzene rings is 1. The van der Waals surface area contributed by atoms with Crippen molar-refractivity contribution < 1.29 is 13.2 Å². The summed E-state index contributed by atoms with van der Waals surface area (Å²) in [6.45, 7) is 0. The SMILES string of the molecule is O=c1[nH]sc2ccc(C(F)(F)F)cc12. The number of hydrogen-bond acceptors (Lipinski definition) is 2. The number of fused-ring (bicyclic) bond motifs is 1. The van der Waals surface area contributed by atoms with E-state index in [2.05, 4.69) is 4.37 Å². The molecule has 0 aliphatic rings.